The molecule has 4 aromatic rings. The van der Waals surface area contributed by atoms with E-state index in [-0.39, 0.29) is 5.56 Å². The predicted octanol–water partition coefficient (Wildman–Crippen LogP) is 4.27. The maximum atomic E-state index is 12.5. The molecule has 0 saturated carbocycles. The van der Waals surface area contributed by atoms with Crippen molar-refractivity contribution in [2.45, 2.75) is 13.5 Å². The van der Waals surface area contributed by atoms with Crippen LogP contribution in [0.4, 0.5) is 0 Å². The number of aryl methyl sites for hydroxylation is 1. The largest absolute Gasteiger partial charge is 0.489 e. The average Bonchev–Trinajstić information content (AvgIpc) is 2.67. The summed E-state index contributed by atoms with van der Waals surface area (Å²) in [5.41, 5.74) is 3.64. The van der Waals surface area contributed by atoms with Crippen LogP contribution in [0.3, 0.4) is 0 Å². The van der Waals surface area contributed by atoms with Gasteiger partial charge in [0.15, 0.2) is 0 Å². The molecule has 0 N–H and O–H groups in total. The molecule has 0 radical (unpaired) electrons. The van der Waals surface area contributed by atoms with Crippen molar-refractivity contribution >= 4 is 10.9 Å². The second-order valence-electron chi connectivity index (χ2n) is 6.17. The number of hydrogen-bond acceptors (Lipinski definition) is 3. The Hall–Kier alpha value is -3.40. The van der Waals surface area contributed by atoms with Gasteiger partial charge in [0.1, 0.15) is 12.4 Å². The molecule has 0 atom stereocenters. The van der Waals surface area contributed by atoms with Crippen LogP contribution in [0.15, 0.2) is 83.8 Å². The molecule has 0 aliphatic rings. The predicted molar refractivity (Wildman–Crippen MR) is 103 cm³/mol. The highest BCUT2D eigenvalue weighted by molar-refractivity contribution is 5.80. The molecule has 0 aliphatic carbocycles. The molecule has 0 bridgehead atoms. The monoisotopic (exact) mass is 342 g/mol. The van der Waals surface area contributed by atoms with Crippen molar-refractivity contribution in [1.29, 1.82) is 0 Å². The van der Waals surface area contributed by atoms with Gasteiger partial charge in [-0.1, -0.05) is 36.4 Å². The number of rotatable bonds is 4. The lowest BCUT2D eigenvalue weighted by Crippen LogP contribution is -2.16. The zero-order valence-corrected chi connectivity index (χ0v) is 14.4. The van der Waals surface area contributed by atoms with Crippen LogP contribution >= 0.6 is 0 Å². The highest BCUT2D eigenvalue weighted by Gasteiger charge is 2.04. The maximum absolute atomic E-state index is 12.5. The Kier molecular flexibility index (Phi) is 4.23. The van der Waals surface area contributed by atoms with Gasteiger partial charge in [-0.25, -0.2) is 0 Å². The Morgan fingerprint density at radius 3 is 2.62 bits per heavy atom. The highest BCUT2D eigenvalue weighted by Crippen LogP contribution is 2.18. The third-order valence-corrected chi connectivity index (χ3v) is 4.23. The second kappa shape index (κ2) is 6.84. The van der Waals surface area contributed by atoms with Crippen LogP contribution in [0.5, 0.6) is 5.75 Å². The number of nitrogens with zero attached hydrogens (tertiary/aromatic N) is 2. The van der Waals surface area contributed by atoms with Crippen molar-refractivity contribution in [3.8, 4) is 11.4 Å². The highest BCUT2D eigenvalue weighted by atomic mass is 16.5. The van der Waals surface area contributed by atoms with E-state index in [0.29, 0.717) is 12.4 Å². The van der Waals surface area contributed by atoms with Crippen molar-refractivity contribution in [3.05, 3.63) is 101 Å². The Balaban J connectivity index is 1.59. The minimum absolute atomic E-state index is 0.130. The number of ether oxygens (including phenoxy) is 1. The minimum Gasteiger partial charge on any atom is -0.489 e. The first-order valence-corrected chi connectivity index (χ1v) is 8.46. The summed E-state index contributed by atoms with van der Waals surface area (Å²) in [6, 6.07) is 23.0. The molecule has 0 unspecified atom stereocenters. The first-order valence-electron chi connectivity index (χ1n) is 8.46. The van der Waals surface area contributed by atoms with Crippen molar-refractivity contribution in [1.82, 2.24) is 9.55 Å². The summed E-state index contributed by atoms with van der Waals surface area (Å²) in [5.74, 6) is 0.563. The van der Waals surface area contributed by atoms with E-state index in [1.54, 1.807) is 10.8 Å². The number of aromatic nitrogens is 2. The van der Waals surface area contributed by atoms with E-state index in [1.165, 1.54) is 6.07 Å². The molecule has 2 aromatic heterocycles. The molecular weight excluding hydrogens is 324 g/mol. The Morgan fingerprint density at radius 2 is 1.81 bits per heavy atom. The van der Waals surface area contributed by atoms with Gasteiger partial charge in [-0.15, -0.1) is 0 Å². The molecule has 4 nitrogen and oxygen atoms in total. The maximum Gasteiger partial charge on any atom is 0.258 e. The van der Waals surface area contributed by atoms with E-state index in [4.69, 9.17) is 4.74 Å². The molecule has 0 aliphatic heterocycles. The van der Waals surface area contributed by atoms with Gasteiger partial charge < -0.3 is 4.74 Å². The molecule has 4 rings (SSSR count). The Labute approximate surface area is 151 Å². The molecule has 0 amide bonds. The van der Waals surface area contributed by atoms with E-state index in [1.807, 2.05) is 73.7 Å². The van der Waals surface area contributed by atoms with Crippen LogP contribution in [-0.2, 0) is 6.61 Å². The zero-order chi connectivity index (χ0) is 17.9. The van der Waals surface area contributed by atoms with Gasteiger partial charge in [-0.3, -0.25) is 14.3 Å². The Morgan fingerprint density at radius 1 is 0.962 bits per heavy atom. The lowest BCUT2D eigenvalue weighted by Gasteiger charge is -2.10. The van der Waals surface area contributed by atoms with Gasteiger partial charge >= 0.3 is 0 Å². The van der Waals surface area contributed by atoms with Gasteiger partial charge in [0.05, 0.1) is 5.52 Å². The van der Waals surface area contributed by atoms with Crippen LogP contribution in [0.25, 0.3) is 16.6 Å². The fourth-order valence-corrected chi connectivity index (χ4v) is 2.87. The van der Waals surface area contributed by atoms with Crippen molar-refractivity contribution < 1.29 is 4.74 Å². The van der Waals surface area contributed by atoms with Gasteiger partial charge in [0, 0.05) is 29.0 Å². The summed E-state index contributed by atoms with van der Waals surface area (Å²) in [4.78, 5) is 17.0. The smallest absolute Gasteiger partial charge is 0.258 e. The summed E-state index contributed by atoms with van der Waals surface area (Å²) in [6.45, 7) is 2.40. The number of fused-ring (bicyclic) bond motifs is 1. The number of pyridine rings is 2. The summed E-state index contributed by atoms with van der Waals surface area (Å²) in [6.07, 6.45) is 1.74. The standard InChI is InChI=1S/C22H18N2O2/c1-16-7-8-18-13-19(9-10-21(18)23-16)24-12-11-20(14-22(24)25)26-15-17-5-3-2-4-6-17/h2-14H,15H2,1H3. The summed E-state index contributed by atoms with van der Waals surface area (Å²) < 4.78 is 7.33. The van der Waals surface area contributed by atoms with E-state index in [2.05, 4.69) is 4.98 Å². The van der Waals surface area contributed by atoms with Gasteiger partial charge in [-0.2, -0.15) is 0 Å². The van der Waals surface area contributed by atoms with Crippen LogP contribution < -0.4 is 10.3 Å². The summed E-state index contributed by atoms with van der Waals surface area (Å²) >= 11 is 0. The number of hydrogen-bond donors (Lipinski definition) is 0. The van der Waals surface area contributed by atoms with Crippen LogP contribution in [0, 0.1) is 6.92 Å². The van der Waals surface area contributed by atoms with Gasteiger partial charge in [0.25, 0.3) is 5.56 Å². The number of benzene rings is 2. The molecule has 0 fully saturated rings. The molecule has 2 aromatic carbocycles. The second-order valence-corrected chi connectivity index (χ2v) is 6.17. The molecule has 0 spiro atoms. The average molecular weight is 342 g/mol. The summed E-state index contributed by atoms with van der Waals surface area (Å²) in [7, 11) is 0. The van der Waals surface area contributed by atoms with Gasteiger partial charge in [0.2, 0.25) is 0 Å². The van der Waals surface area contributed by atoms with E-state index < -0.39 is 0 Å². The fraction of sp³-hybridized carbons (Fsp3) is 0.0909. The van der Waals surface area contributed by atoms with Crippen LogP contribution in [-0.4, -0.2) is 9.55 Å². The molecule has 26 heavy (non-hydrogen) atoms. The summed E-state index contributed by atoms with van der Waals surface area (Å²) in [5, 5.41) is 1.00. The third kappa shape index (κ3) is 3.35. The molecular formula is C22H18N2O2. The molecule has 128 valence electrons. The van der Waals surface area contributed by atoms with Crippen LogP contribution in [0.2, 0.25) is 0 Å². The van der Waals surface area contributed by atoms with Crippen molar-refractivity contribution in [3.63, 3.8) is 0 Å². The molecule has 2 heterocycles. The topological polar surface area (TPSA) is 44.1 Å². The lowest BCUT2D eigenvalue weighted by molar-refractivity contribution is 0.305. The third-order valence-electron chi connectivity index (χ3n) is 4.23. The molecule has 4 heteroatoms. The van der Waals surface area contributed by atoms with E-state index >= 15 is 0 Å². The SMILES string of the molecule is Cc1ccc2cc(-n3ccc(OCc4ccccc4)cc3=O)ccc2n1. The van der Waals surface area contributed by atoms with E-state index in [9.17, 15) is 4.79 Å². The van der Waals surface area contributed by atoms with Crippen LogP contribution in [0.1, 0.15) is 11.3 Å². The van der Waals surface area contributed by atoms with E-state index in [0.717, 1.165) is 27.8 Å². The first kappa shape index (κ1) is 16.1. The lowest BCUT2D eigenvalue weighted by atomic mass is 10.2. The molecule has 0 saturated heterocycles. The first-order chi connectivity index (χ1) is 12.7. The normalized spacial score (nSPS) is 10.8. The fourth-order valence-electron chi connectivity index (χ4n) is 2.87. The quantitative estimate of drug-likeness (QED) is 0.556. The van der Waals surface area contributed by atoms with Crippen molar-refractivity contribution in [2.75, 3.05) is 0 Å². The zero-order valence-electron chi connectivity index (χ0n) is 14.4. The minimum atomic E-state index is -0.130. The Bertz CT molecular complexity index is 1120. The van der Waals surface area contributed by atoms with Crippen molar-refractivity contribution in [2.24, 2.45) is 0 Å². The van der Waals surface area contributed by atoms with Gasteiger partial charge in [-0.05, 0) is 42.8 Å².